The van der Waals surface area contributed by atoms with Crippen LogP contribution in [0.5, 0.6) is 0 Å². The number of carbonyl (C=O) groups is 1. The van der Waals surface area contributed by atoms with Crippen LogP contribution in [0.25, 0.3) is 11.4 Å². The Balaban J connectivity index is 1.46. The molecule has 7 nitrogen and oxygen atoms in total. The topological polar surface area (TPSA) is 78.5 Å². The van der Waals surface area contributed by atoms with Crippen molar-refractivity contribution in [2.24, 2.45) is 0 Å². The molecule has 1 fully saturated rings. The molecule has 1 atom stereocenters. The maximum Gasteiger partial charge on any atom is 0.410 e. The molecule has 3 heterocycles. The quantitative estimate of drug-likeness (QED) is 0.841. The zero-order chi connectivity index (χ0) is 21.3. The number of hydrogen-bond donors (Lipinski definition) is 1. The van der Waals surface area contributed by atoms with Gasteiger partial charge in [-0.2, -0.15) is 0 Å². The number of nitrogens with one attached hydrogen (secondary N) is 1. The van der Waals surface area contributed by atoms with E-state index < -0.39 is 5.60 Å². The highest BCUT2D eigenvalue weighted by Gasteiger charge is 2.34. The van der Waals surface area contributed by atoms with Crippen molar-refractivity contribution in [3.63, 3.8) is 0 Å². The van der Waals surface area contributed by atoms with E-state index in [2.05, 4.69) is 9.88 Å². The van der Waals surface area contributed by atoms with E-state index in [-0.39, 0.29) is 17.7 Å². The second-order valence-electron chi connectivity index (χ2n) is 9.16. The van der Waals surface area contributed by atoms with Gasteiger partial charge in [0.15, 0.2) is 0 Å². The first-order valence-corrected chi connectivity index (χ1v) is 10.7. The van der Waals surface area contributed by atoms with Crippen molar-refractivity contribution in [2.45, 2.75) is 58.2 Å². The van der Waals surface area contributed by atoms with Crippen molar-refractivity contribution in [1.29, 1.82) is 0 Å². The van der Waals surface area contributed by atoms with Gasteiger partial charge in [-0.3, -0.25) is 9.69 Å². The first-order valence-electron chi connectivity index (χ1n) is 10.7. The van der Waals surface area contributed by atoms with Gasteiger partial charge < -0.3 is 14.6 Å². The van der Waals surface area contributed by atoms with Crippen LogP contribution in [0, 0.1) is 0 Å². The molecular weight excluding hydrogens is 380 g/mol. The zero-order valence-electron chi connectivity index (χ0n) is 18.0. The van der Waals surface area contributed by atoms with E-state index in [1.54, 1.807) is 0 Å². The Morgan fingerprint density at radius 2 is 2.00 bits per heavy atom. The van der Waals surface area contributed by atoms with Crippen LogP contribution in [0.3, 0.4) is 0 Å². The Kier molecular flexibility index (Phi) is 5.64. The number of aromatic amines is 1. The second kappa shape index (κ2) is 8.22. The summed E-state index contributed by atoms with van der Waals surface area (Å²) in [6, 6.07) is 9.85. The van der Waals surface area contributed by atoms with Crippen molar-refractivity contribution >= 4 is 6.09 Å². The number of rotatable bonds is 3. The molecule has 0 radical (unpaired) electrons. The van der Waals surface area contributed by atoms with Crippen molar-refractivity contribution in [3.05, 3.63) is 51.9 Å². The SMILES string of the molecule is CC(C)(C)OC(=O)N1CCCC1CN1CCc2nc(-c3ccccc3)[nH]c(=O)c2C1. The molecule has 2 aliphatic heterocycles. The molecule has 1 aromatic heterocycles. The van der Waals surface area contributed by atoms with Crippen LogP contribution in [-0.2, 0) is 17.7 Å². The van der Waals surface area contributed by atoms with Gasteiger partial charge in [-0.15, -0.1) is 0 Å². The lowest BCUT2D eigenvalue weighted by Crippen LogP contribution is -2.47. The first-order chi connectivity index (χ1) is 14.3. The lowest BCUT2D eigenvalue weighted by molar-refractivity contribution is 0.0192. The van der Waals surface area contributed by atoms with Gasteiger partial charge in [0.25, 0.3) is 5.56 Å². The molecule has 1 aromatic carbocycles. The molecule has 2 aromatic rings. The average Bonchev–Trinajstić information content (AvgIpc) is 3.16. The molecule has 7 heteroatoms. The highest BCUT2D eigenvalue weighted by Crippen LogP contribution is 2.24. The molecule has 0 spiro atoms. The fourth-order valence-corrected chi connectivity index (χ4v) is 4.25. The van der Waals surface area contributed by atoms with E-state index in [1.165, 1.54) is 0 Å². The molecule has 4 rings (SSSR count). The van der Waals surface area contributed by atoms with Crippen LogP contribution >= 0.6 is 0 Å². The highest BCUT2D eigenvalue weighted by molar-refractivity contribution is 5.69. The summed E-state index contributed by atoms with van der Waals surface area (Å²) >= 11 is 0. The lowest BCUT2D eigenvalue weighted by Gasteiger charge is -2.34. The molecule has 1 saturated heterocycles. The minimum atomic E-state index is -0.496. The number of ether oxygens (including phenoxy) is 1. The smallest absolute Gasteiger partial charge is 0.410 e. The van der Waals surface area contributed by atoms with E-state index >= 15 is 0 Å². The van der Waals surface area contributed by atoms with E-state index in [0.717, 1.165) is 55.7 Å². The molecular formula is C23H30N4O3. The standard InChI is InChI=1S/C23H30N4O3/c1-23(2,3)30-22(29)27-12-7-10-17(27)14-26-13-11-19-18(15-26)21(28)25-20(24-19)16-8-5-4-6-9-16/h4-6,8-9,17H,7,10-15H2,1-3H3,(H,24,25,28). The van der Waals surface area contributed by atoms with Crippen molar-refractivity contribution in [1.82, 2.24) is 19.8 Å². The summed E-state index contributed by atoms with van der Waals surface area (Å²) in [4.78, 5) is 37.1. The van der Waals surface area contributed by atoms with Gasteiger partial charge in [-0.25, -0.2) is 9.78 Å². The van der Waals surface area contributed by atoms with Crippen molar-refractivity contribution < 1.29 is 9.53 Å². The molecule has 160 valence electrons. The number of benzene rings is 1. The second-order valence-corrected chi connectivity index (χ2v) is 9.16. The molecule has 30 heavy (non-hydrogen) atoms. The first kappa shape index (κ1) is 20.6. The summed E-state index contributed by atoms with van der Waals surface area (Å²) in [5.74, 6) is 0.625. The van der Waals surface area contributed by atoms with Crippen LogP contribution < -0.4 is 5.56 Å². The van der Waals surface area contributed by atoms with Crippen LogP contribution in [-0.4, -0.2) is 57.1 Å². The fraction of sp³-hybridized carbons (Fsp3) is 0.522. The number of amides is 1. The van der Waals surface area contributed by atoms with Gasteiger partial charge in [0.05, 0.1) is 11.3 Å². The van der Waals surface area contributed by atoms with Crippen LogP contribution in [0.1, 0.15) is 44.9 Å². The number of nitrogens with zero attached hydrogens (tertiary/aromatic N) is 3. The van der Waals surface area contributed by atoms with Gasteiger partial charge in [0, 0.05) is 44.2 Å². The number of carbonyl (C=O) groups excluding carboxylic acids is 1. The fourth-order valence-electron chi connectivity index (χ4n) is 4.25. The minimum absolute atomic E-state index is 0.0704. The maximum atomic E-state index is 12.8. The third kappa shape index (κ3) is 4.56. The van der Waals surface area contributed by atoms with Crippen molar-refractivity contribution in [3.8, 4) is 11.4 Å². The Labute approximate surface area is 177 Å². The zero-order valence-corrected chi connectivity index (χ0v) is 18.0. The Hall–Kier alpha value is -2.67. The van der Waals surface area contributed by atoms with Crippen LogP contribution in [0.2, 0.25) is 0 Å². The van der Waals surface area contributed by atoms with Crippen LogP contribution in [0.4, 0.5) is 4.79 Å². The number of fused-ring (bicyclic) bond motifs is 1. The van der Waals surface area contributed by atoms with Crippen molar-refractivity contribution in [2.75, 3.05) is 19.6 Å². The largest absolute Gasteiger partial charge is 0.444 e. The Morgan fingerprint density at radius 3 is 2.73 bits per heavy atom. The molecule has 0 bridgehead atoms. The summed E-state index contributed by atoms with van der Waals surface area (Å²) in [6.45, 7) is 8.54. The van der Waals surface area contributed by atoms with Crippen LogP contribution in [0.15, 0.2) is 35.1 Å². The van der Waals surface area contributed by atoms with Gasteiger partial charge in [0.1, 0.15) is 11.4 Å². The highest BCUT2D eigenvalue weighted by atomic mass is 16.6. The molecule has 1 N–H and O–H groups in total. The summed E-state index contributed by atoms with van der Waals surface area (Å²) < 4.78 is 5.58. The predicted molar refractivity (Wildman–Crippen MR) is 115 cm³/mol. The predicted octanol–water partition coefficient (Wildman–Crippen LogP) is 3.19. The minimum Gasteiger partial charge on any atom is -0.444 e. The monoisotopic (exact) mass is 410 g/mol. The molecule has 1 unspecified atom stereocenters. The summed E-state index contributed by atoms with van der Waals surface area (Å²) in [5, 5.41) is 0. The molecule has 0 aliphatic carbocycles. The lowest BCUT2D eigenvalue weighted by atomic mass is 10.0. The Morgan fingerprint density at radius 1 is 1.23 bits per heavy atom. The third-order valence-electron chi connectivity index (χ3n) is 5.67. The summed E-state index contributed by atoms with van der Waals surface area (Å²) in [7, 11) is 0. The van der Waals surface area contributed by atoms with Gasteiger partial charge in [-0.1, -0.05) is 30.3 Å². The third-order valence-corrected chi connectivity index (χ3v) is 5.67. The van der Waals surface area contributed by atoms with Gasteiger partial charge in [0.2, 0.25) is 0 Å². The summed E-state index contributed by atoms with van der Waals surface area (Å²) in [6.07, 6.45) is 2.44. The number of H-pyrrole nitrogens is 1. The Bertz CT molecular complexity index is 965. The number of hydrogen-bond acceptors (Lipinski definition) is 5. The molecule has 0 saturated carbocycles. The van der Waals surface area contributed by atoms with E-state index in [0.29, 0.717) is 12.4 Å². The maximum absolute atomic E-state index is 12.8. The van der Waals surface area contributed by atoms with E-state index in [1.807, 2.05) is 56.0 Å². The normalized spacial score (nSPS) is 19.6. The molecule has 1 amide bonds. The van der Waals surface area contributed by atoms with E-state index in [9.17, 15) is 9.59 Å². The van der Waals surface area contributed by atoms with Gasteiger partial charge in [-0.05, 0) is 33.6 Å². The average molecular weight is 411 g/mol. The van der Waals surface area contributed by atoms with Gasteiger partial charge >= 0.3 is 6.09 Å². The van der Waals surface area contributed by atoms with E-state index in [4.69, 9.17) is 9.72 Å². The summed E-state index contributed by atoms with van der Waals surface area (Å²) in [5.41, 5.74) is 1.97. The number of likely N-dealkylation sites (tertiary alicyclic amines) is 1. The number of aromatic nitrogens is 2. The molecule has 2 aliphatic rings.